The van der Waals surface area contributed by atoms with Crippen molar-refractivity contribution in [2.75, 3.05) is 7.11 Å². The summed E-state index contributed by atoms with van der Waals surface area (Å²) in [5.74, 6) is -1.58. The fraction of sp³-hybridized carbons (Fsp3) is 0.429. The Balaban J connectivity index is 2.88. The lowest BCUT2D eigenvalue weighted by atomic mass is 9.95. The fourth-order valence-corrected chi connectivity index (χ4v) is 1.77. The molecule has 0 aliphatic rings. The van der Waals surface area contributed by atoms with Crippen LogP contribution in [0.3, 0.4) is 0 Å². The Kier molecular flexibility index (Phi) is 5.36. The molecule has 1 rings (SSSR count). The number of benzene rings is 1. The summed E-state index contributed by atoms with van der Waals surface area (Å²) in [4.78, 5) is 23.0. The first-order valence-electron chi connectivity index (χ1n) is 6.10. The Morgan fingerprint density at radius 3 is 2.58 bits per heavy atom. The van der Waals surface area contributed by atoms with Crippen LogP contribution in [-0.2, 0) is 9.59 Å². The number of ether oxygens (including phenoxy) is 1. The van der Waals surface area contributed by atoms with Gasteiger partial charge >= 0.3 is 5.97 Å². The van der Waals surface area contributed by atoms with E-state index in [9.17, 15) is 14.7 Å². The lowest BCUT2D eigenvalue weighted by Crippen LogP contribution is -2.32. The minimum atomic E-state index is -1.02. The topological polar surface area (TPSA) is 75.6 Å². The van der Waals surface area contributed by atoms with Crippen molar-refractivity contribution >= 4 is 11.9 Å². The number of hydrogen-bond acceptors (Lipinski definition) is 3. The van der Waals surface area contributed by atoms with Gasteiger partial charge in [-0.2, -0.15) is 0 Å². The number of amides is 1. The molecule has 0 aliphatic heterocycles. The van der Waals surface area contributed by atoms with Crippen LogP contribution in [-0.4, -0.2) is 30.1 Å². The van der Waals surface area contributed by atoms with Crippen molar-refractivity contribution in [2.24, 2.45) is 0 Å². The van der Waals surface area contributed by atoms with Crippen LogP contribution < -0.4 is 10.1 Å². The molecule has 5 heteroatoms. The average Bonchev–Trinajstić information content (AvgIpc) is 2.34. The van der Waals surface area contributed by atoms with E-state index in [1.165, 1.54) is 7.11 Å². The first-order valence-corrected chi connectivity index (χ1v) is 6.10. The summed E-state index contributed by atoms with van der Waals surface area (Å²) in [6.07, 6.45) is -0.0827. The van der Waals surface area contributed by atoms with Gasteiger partial charge in [-0.1, -0.05) is 12.1 Å². The van der Waals surface area contributed by atoms with Gasteiger partial charge in [0, 0.05) is 12.5 Å². The van der Waals surface area contributed by atoms with E-state index in [4.69, 9.17) is 4.74 Å². The second-order valence-corrected chi connectivity index (χ2v) is 4.59. The van der Waals surface area contributed by atoms with E-state index in [0.29, 0.717) is 11.3 Å². The van der Waals surface area contributed by atoms with Gasteiger partial charge in [0.25, 0.3) is 0 Å². The van der Waals surface area contributed by atoms with E-state index in [0.717, 1.165) is 0 Å². The summed E-state index contributed by atoms with van der Waals surface area (Å²) in [7, 11) is 1.51. The highest BCUT2D eigenvalue weighted by Crippen LogP contribution is 2.24. The number of aliphatic carboxylic acids is 1. The standard InChI is InChI=1S/C14H19NO4/c1-9(2)15-13(16)8-12(14(17)18)10-5-4-6-11(7-10)19-3/h4-7,9,12H,8H2,1-3H3,(H,15,16)(H,17,18). The van der Waals surface area contributed by atoms with Crippen molar-refractivity contribution < 1.29 is 19.4 Å². The first kappa shape index (κ1) is 15.0. The molecular formula is C14H19NO4. The van der Waals surface area contributed by atoms with Crippen LogP contribution in [0.5, 0.6) is 5.75 Å². The summed E-state index contributed by atoms with van der Waals surface area (Å²) in [5, 5.41) is 11.9. The van der Waals surface area contributed by atoms with Crippen molar-refractivity contribution in [1.29, 1.82) is 0 Å². The zero-order chi connectivity index (χ0) is 14.4. The minimum Gasteiger partial charge on any atom is -0.497 e. The molecular weight excluding hydrogens is 246 g/mol. The van der Waals surface area contributed by atoms with Crippen LogP contribution in [0, 0.1) is 0 Å². The Morgan fingerprint density at radius 2 is 2.05 bits per heavy atom. The largest absolute Gasteiger partial charge is 0.497 e. The van der Waals surface area contributed by atoms with Crippen molar-refractivity contribution in [3.05, 3.63) is 29.8 Å². The quantitative estimate of drug-likeness (QED) is 0.822. The Hall–Kier alpha value is -2.04. The van der Waals surface area contributed by atoms with E-state index in [2.05, 4.69) is 5.32 Å². The number of nitrogens with one attached hydrogen (secondary N) is 1. The highest BCUT2D eigenvalue weighted by Gasteiger charge is 2.23. The number of carboxylic acids is 1. The van der Waals surface area contributed by atoms with Gasteiger partial charge in [0.2, 0.25) is 5.91 Å². The predicted octanol–water partition coefficient (Wildman–Crippen LogP) is 1.78. The SMILES string of the molecule is COc1cccc(C(CC(=O)NC(C)C)C(=O)O)c1. The van der Waals surface area contributed by atoms with Gasteiger partial charge in [0.15, 0.2) is 0 Å². The van der Waals surface area contributed by atoms with Crippen LogP contribution in [0.2, 0.25) is 0 Å². The molecule has 104 valence electrons. The highest BCUT2D eigenvalue weighted by molar-refractivity contribution is 5.85. The van der Waals surface area contributed by atoms with Gasteiger partial charge in [-0.3, -0.25) is 9.59 Å². The zero-order valence-corrected chi connectivity index (χ0v) is 11.3. The minimum absolute atomic E-state index is 0.00717. The van der Waals surface area contributed by atoms with Gasteiger partial charge in [-0.15, -0.1) is 0 Å². The molecule has 1 unspecified atom stereocenters. The van der Waals surface area contributed by atoms with Gasteiger partial charge in [0.05, 0.1) is 13.0 Å². The normalized spacial score (nSPS) is 12.0. The van der Waals surface area contributed by atoms with Crippen LogP contribution in [0.1, 0.15) is 31.7 Å². The lowest BCUT2D eigenvalue weighted by Gasteiger charge is -2.15. The second kappa shape index (κ2) is 6.78. The van der Waals surface area contributed by atoms with Gasteiger partial charge in [-0.25, -0.2) is 0 Å². The number of carboxylic acid groups (broad SMARTS) is 1. The molecule has 5 nitrogen and oxygen atoms in total. The van der Waals surface area contributed by atoms with Crippen molar-refractivity contribution in [2.45, 2.75) is 32.2 Å². The summed E-state index contributed by atoms with van der Waals surface area (Å²) >= 11 is 0. The summed E-state index contributed by atoms with van der Waals surface area (Å²) in [6.45, 7) is 3.67. The highest BCUT2D eigenvalue weighted by atomic mass is 16.5. The summed E-state index contributed by atoms with van der Waals surface area (Å²) in [6, 6.07) is 6.76. The average molecular weight is 265 g/mol. The molecule has 1 aromatic carbocycles. The van der Waals surface area contributed by atoms with Crippen LogP contribution in [0.4, 0.5) is 0 Å². The van der Waals surface area contributed by atoms with Crippen LogP contribution >= 0.6 is 0 Å². The number of rotatable bonds is 6. The molecule has 0 heterocycles. The Bertz CT molecular complexity index is 457. The smallest absolute Gasteiger partial charge is 0.311 e. The third-order valence-electron chi connectivity index (χ3n) is 2.63. The third-order valence-corrected chi connectivity index (χ3v) is 2.63. The monoisotopic (exact) mass is 265 g/mol. The molecule has 0 radical (unpaired) electrons. The van der Waals surface area contributed by atoms with Crippen LogP contribution in [0.25, 0.3) is 0 Å². The molecule has 0 saturated carbocycles. The maximum atomic E-state index is 11.7. The van der Waals surface area contributed by atoms with Gasteiger partial charge < -0.3 is 15.2 Å². The molecule has 2 N–H and O–H groups in total. The molecule has 1 aromatic rings. The van der Waals surface area contributed by atoms with E-state index >= 15 is 0 Å². The molecule has 1 atom stereocenters. The van der Waals surface area contributed by atoms with E-state index in [-0.39, 0.29) is 18.4 Å². The molecule has 0 bridgehead atoms. The Labute approximate surface area is 112 Å². The summed E-state index contributed by atoms with van der Waals surface area (Å²) < 4.78 is 5.06. The predicted molar refractivity (Wildman–Crippen MR) is 71.3 cm³/mol. The van der Waals surface area contributed by atoms with Crippen molar-refractivity contribution in [1.82, 2.24) is 5.32 Å². The van der Waals surface area contributed by atoms with Crippen LogP contribution in [0.15, 0.2) is 24.3 Å². The number of methoxy groups -OCH3 is 1. The lowest BCUT2D eigenvalue weighted by molar-refractivity contribution is -0.140. The number of hydrogen-bond donors (Lipinski definition) is 2. The Morgan fingerprint density at radius 1 is 1.37 bits per heavy atom. The third kappa shape index (κ3) is 4.62. The number of carbonyl (C=O) groups is 2. The molecule has 19 heavy (non-hydrogen) atoms. The van der Waals surface area contributed by atoms with E-state index in [1.807, 2.05) is 13.8 Å². The molecule has 0 spiro atoms. The molecule has 0 fully saturated rings. The second-order valence-electron chi connectivity index (χ2n) is 4.59. The zero-order valence-electron chi connectivity index (χ0n) is 11.3. The van der Waals surface area contributed by atoms with Gasteiger partial charge in [-0.05, 0) is 31.5 Å². The molecule has 0 aromatic heterocycles. The summed E-state index contributed by atoms with van der Waals surface area (Å²) in [5.41, 5.74) is 0.561. The molecule has 0 aliphatic carbocycles. The van der Waals surface area contributed by atoms with Crippen molar-refractivity contribution in [3.8, 4) is 5.75 Å². The maximum Gasteiger partial charge on any atom is 0.311 e. The maximum absolute atomic E-state index is 11.7. The number of carbonyl (C=O) groups excluding carboxylic acids is 1. The van der Waals surface area contributed by atoms with E-state index in [1.54, 1.807) is 24.3 Å². The van der Waals surface area contributed by atoms with Crippen molar-refractivity contribution in [3.63, 3.8) is 0 Å². The van der Waals surface area contributed by atoms with Gasteiger partial charge in [0.1, 0.15) is 5.75 Å². The first-order chi connectivity index (χ1) is 8.93. The van der Waals surface area contributed by atoms with E-state index < -0.39 is 11.9 Å². The molecule has 1 amide bonds. The molecule has 0 saturated heterocycles. The fourth-order valence-electron chi connectivity index (χ4n) is 1.77.